The number of nitrogens with one attached hydrogen (secondary N) is 1. The van der Waals surface area contributed by atoms with Crippen LogP contribution in [-0.2, 0) is 9.84 Å². The number of sulfone groups is 1. The second-order valence-electron chi connectivity index (χ2n) is 5.05. The molecule has 0 saturated heterocycles. The summed E-state index contributed by atoms with van der Waals surface area (Å²) in [7, 11) is -2.92. The second kappa shape index (κ2) is 9.05. The molecule has 0 radical (unpaired) electrons. The Balaban J connectivity index is 2.76. The maximum atomic E-state index is 13.2. The van der Waals surface area contributed by atoms with E-state index >= 15 is 0 Å². The Morgan fingerprint density at radius 3 is 2.62 bits per heavy atom. The lowest BCUT2D eigenvalue weighted by atomic mass is 10.0. The maximum Gasteiger partial charge on any atom is 0.150 e. The molecule has 21 heavy (non-hydrogen) atoms. The van der Waals surface area contributed by atoms with E-state index in [1.165, 1.54) is 12.1 Å². The summed E-state index contributed by atoms with van der Waals surface area (Å²) < 4.78 is 37.2. The van der Waals surface area contributed by atoms with E-state index < -0.39 is 9.84 Å². The van der Waals surface area contributed by atoms with Gasteiger partial charge in [0.1, 0.15) is 15.7 Å². The third kappa shape index (κ3) is 6.61. The van der Waals surface area contributed by atoms with Crippen molar-refractivity contribution in [3.05, 3.63) is 33.1 Å². The van der Waals surface area contributed by atoms with Gasteiger partial charge in [-0.2, -0.15) is 0 Å². The van der Waals surface area contributed by atoms with E-state index in [0.29, 0.717) is 6.42 Å². The fraction of sp³-hybridized carbons (Fsp3) is 0.600. The topological polar surface area (TPSA) is 46.2 Å². The van der Waals surface area contributed by atoms with E-state index in [4.69, 9.17) is 0 Å². The minimum Gasteiger partial charge on any atom is -0.310 e. The molecule has 0 saturated carbocycles. The summed E-state index contributed by atoms with van der Waals surface area (Å²) in [6, 6.07) is 4.84. The van der Waals surface area contributed by atoms with Crippen LogP contribution in [0.4, 0.5) is 4.39 Å². The van der Waals surface area contributed by atoms with Crippen LogP contribution >= 0.6 is 22.6 Å². The molecule has 1 atom stereocenters. The first-order chi connectivity index (χ1) is 9.89. The smallest absolute Gasteiger partial charge is 0.150 e. The quantitative estimate of drug-likeness (QED) is 0.612. The third-order valence-electron chi connectivity index (χ3n) is 3.37. The molecule has 1 rings (SSSR count). The van der Waals surface area contributed by atoms with Crippen LogP contribution < -0.4 is 5.32 Å². The van der Waals surface area contributed by atoms with Crippen LogP contribution in [0.25, 0.3) is 0 Å². The van der Waals surface area contributed by atoms with Gasteiger partial charge in [-0.15, -0.1) is 0 Å². The molecule has 1 unspecified atom stereocenters. The van der Waals surface area contributed by atoms with Crippen LogP contribution in [0.3, 0.4) is 0 Å². The van der Waals surface area contributed by atoms with Crippen LogP contribution in [0.1, 0.15) is 44.7 Å². The molecule has 0 aromatic heterocycles. The third-order valence-corrected chi connectivity index (χ3v) is 6.09. The first kappa shape index (κ1) is 18.8. The molecule has 0 fully saturated rings. The Kier molecular flexibility index (Phi) is 8.12. The van der Waals surface area contributed by atoms with Crippen molar-refractivity contribution in [1.82, 2.24) is 5.32 Å². The fourth-order valence-corrected chi connectivity index (χ4v) is 3.87. The number of benzene rings is 1. The van der Waals surface area contributed by atoms with E-state index in [-0.39, 0.29) is 23.4 Å². The average Bonchev–Trinajstić information content (AvgIpc) is 2.43. The van der Waals surface area contributed by atoms with Gasteiger partial charge in [0.25, 0.3) is 0 Å². The highest BCUT2D eigenvalue weighted by Crippen LogP contribution is 2.25. The zero-order valence-corrected chi connectivity index (χ0v) is 15.5. The number of hydrogen-bond acceptors (Lipinski definition) is 3. The van der Waals surface area contributed by atoms with Gasteiger partial charge >= 0.3 is 0 Å². The van der Waals surface area contributed by atoms with Gasteiger partial charge in [0.05, 0.1) is 5.75 Å². The Morgan fingerprint density at radius 2 is 2.05 bits per heavy atom. The molecule has 0 aliphatic rings. The Bertz CT molecular complexity index is 549. The summed E-state index contributed by atoms with van der Waals surface area (Å²) in [5.74, 6) is 0.158. The zero-order chi connectivity index (χ0) is 15.9. The van der Waals surface area contributed by atoms with Crippen molar-refractivity contribution in [2.75, 3.05) is 18.1 Å². The molecular weight excluding hydrogens is 404 g/mol. The fourth-order valence-electron chi connectivity index (χ4n) is 2.12. The number of rotatable bonds is 9. The predicted octanol–water partition coefficient (Wildman–Crippen LogP) is 3.69. The van der Waals surface area contributed by atoms with Crippen molar-refractivity contribution in [3.8, 4) is 0 Å². The second-order valence-corrected chi connectivity index (χ2v) is 8.69. The van der Waals surface area contributed by atoms with Gasteiger partial charge in [0.2, 0.25) is 0 Å². The van der Waals surface area contributed by atoms with E-state index in [9.17, 15) is 12.8 Å². The number of hydrogen-bond donors (Lipinski definition) is 1. The molecule has 0 amide bonds. The van der Waals surface area contributed by atoms with Gasteiger partial charge in [-0.3, -0.25) is 0 Å². The molecule has 3 nitrogen and oxygen atoms in total. The normalized spacial score (nSPS) is 13.3. The summed E-state index contributed by atoms with van der Waals surface area (Å²) in [5.41, 5.74) is 1.04. The minimum absolute atomic E-state index is 0.0736. The highest BCUT2D eigenvalue weighted by atomic mass is 127. The highest BCUT2D eigenvalue weighted by Gasteiger charge is 2.16. The molecule has 0 aliphatic heterocycles. The predicted molar refractivity (Wildman–Crippen MR) is 93.7 cm³/mol. The monoisotopic (exact) mass is 427 g/mol. The Hall–Kier alpha value is -0.210. The summed E-state index contributed by atoms with van der Waals surface area (Å²) in [4.78, 5) is 0. The summed E-state index contributed by atoms with van der Waals surface area (Å²) >= 11 is 2.13. The van der Waals surface area contributed by atoms with Gasteiger partial charge < -0.3 is 5.32 Å². The number of halogens is 2. The van der Waals surface area contributed by atoms with Gasteiger partial charge in [-0.25, -0.2) is 12.8 Å². The van der Waals surface area contributed by atoms with E-state index in [0.717, 1.165) is 28.5 Å². The molecule has 0 aliphatic carbocycles. The van der Waals surface area contributed by atoms with Crippen molar-refractivity contribution in [2.45, 2.75) is 39.2 Å². The van der Waals surface area contributed by atoms with Gasteiger partial charge in [0, 0.05) is 15.4 Å². The standard InChI is InChI=1S/C15H23FINO2S/c1-3-9-18-15(6-5-10-21(19,20)4-2)13-8-7-12(16)11-14(13)17/h7-8,11,15,18H,3-6,9-10H2,1-2H3. The van der Waals surface area contributed by atoms with Crippen LogP contribution in [0.5, 0.6) is 0 Å². The molecule has 1 aromatic carbocycles. The highest BCUT2D eigenvalue weighted by molar-refractivity contribution is 14.1. The molecule has 1 aromatic rings. The lowest BCUT2D eigenvalue weighted by molar-refractivity contribution is 0.489. The largest absolute Gasteiger partial charge is 0.310 e. The Morgan fingerprint density at radius 1 is 1.33 bits per heavy atom. The van der Waals surface area contributed by atoms with Crippen LogP contribution in [0.15, 0.2) is 18.2 Å². The van der Waals surface area contributed by atoms with Gasteiger partial charge in [0.15, 0.2) is 0 Å². The first-order valence-corrected chi connectivity index (χ1v) is 10.2. The van der Waals surface area contributed by atoms with Crippen molar-refractivity contribution in [1.29, 1.82) is 0 Å². The van der Waals surface area contributed by atoms with E-state index in [1.807, 2.05) is 0 Å². The summed E-state index contributed by atoms with van der Waals surface area (Å²) in [5, 5.41) is 3.43. The molecule has 6 heteroatoms. The van der Waals surface area contributed by atoms with Crippen LogP contribution in [0.2, 0.25) is 0 Å². The molecule has 0 bridgehead atoms. The molecule has 120 valence electrons. The van der Waals surface area contributed by atoms with Gasteiger partial charge in [-0.1, -0.05) is 19.9 Å². The molecule has 1 N–H and O–H groups in total. The minimum atomic E-state index is -2.92. The summed E-state index contributed by atoms with van der Waals surface area (Å²) in [6.45, 7) is 4.62. The lowest BCUT2D eigenvalue weighted by Crippen LogP contribution is -2.24. The molecule has 0 spiro atoms. The van der Waals surface area contributed by atoms with Crippen LogP contribution in [-0.4, -0.2) is 26.5 Å². The Labute approximate surface area is 140 Å². The SMILES string of the molecule is CCCNC(CCCS(=O)(=O)CC)c1ccc(F)cc1I. The van der Waals surface area contributed by atoms with Crippen LogP contribution in [0, 0.1) is 9.39 Å². The van der Waals surface area contributed by atoms with Crippen molar-refractivity contribution in [2.24, 2.45) is 0 Å². The lowest BCUT2D eigenvalue weighted by Gasteiger charge is -2.20. The first-order valence-electron chi connectivity index (χ1n) is 7.28. The maximum absolute atomic E-state index is 13.2. The van der Waals surface area contributed by atoms with Crippen molar-refractivity contribution < 1.29 is 12.8 Å². The zero-order valence-electron chi connectivity index (χ0n) is 12.5. The molecular formula is C15H23FINO2S. The van der Waals surface area contributed by atoms with E-state index in [2.05, 4.69) is 34.8 Å². The van der Waals surface area contributed by atoms with E-state index in [1.54, 1.807) is 13.0 Å². The molecule has 0 heterocycles. The van der Waals surface area contributed by atoms with Crippen molar-refractivity contribution in [3.63, 3.8) is 0 Å². The van der Waals surface area contributed by atoms with Gasteiger partial charge in [-0.05, 0) is 66.1 Å². The average molecular weight is 427 g/mol. The summed E-state index contributed by atoms with van der Waals surface area (Å²) in [6.07, 6.45) is 2.35. The van der Waals surface area contributed by atoms with Crippen molar-refractivity contribution >= 4 is 32.4 Å².